The van der Waals surface area contributed by atoms with Crippen molar-refractivity contribution in [3.8, 4) is 6.57 Å². The highest BCUT2D eigenvalue weighted by atomic mass is 14.9. The van der Waals surface area contributed by atoms with E-state index in [4.69, 9.17) is 6.57 Å². The lowest BCUT2D eigenvalue weighted by Crippen LogP contribution is -2.55. The van der Waals surface area contributed by atoms with E-state index in [9.17, 15) is 0 Å². The van der Waals surface area contributed by atoms with Crippen molar-refractivity contribution < 1.29 is 0 Å². The van der Waals surface area contributed by atoms with Crippen molar-refractivity contribution in [3.05, 3.63) is 27.6 Å². The van der Waals surface area contributed by atoms with Gasteiger partial charge in [-0.15, -0.1) is 0 Å². The Hall–Kier alpha value is -1.03. The molecule has 6 atom stereocenters. The van der Waals surface area contributed by atoms with Crippen LogP contribution in [0.5, 0.6) is 0 Å². The van der Waals surface area contributed by atoms with Gasteiger partial charge in [0.05, 0.1) is 5.92 Å². The van der Waals surface area contributed by atoms with Crippen molar-refractivity contribution in [1.82, 2.24) is 0 Å². The quantitative estimate of drug-likeness (QED) is 0.552. The molecule has 0 aromatic heterocycles. The molecular formula is C21H32N+. The van der Waals surface area contributed by atoms with Crippen LogP contribution in [0.1, 0.15) is 66.7 Å². The normalized spacial score (nSPS) is 44.1. The third-order valence-corrected chi connectivity index (χ3v) is 6.94. The molecule has 1 nitrogen and oxygen atoms in total. The highest BCUT2D eigenvalue weighted by Crippen LogP contribution is 2.60. The average Bonchev–Trinajstić information content (AvgIpc) is 2.46. The fourth-order valence-corrected chi connectivity index (χ4v) is 5.86. The van der Waals surface area contributed by atoms with Crippen LogP contribution >= 0.6 is 0 Å². The van der Waals surface area contributed by atoms with E-state index in [1.807, 2.05) is 0 Å². The molecule has 6 unspecified atom stereocenters. The minimum atomic E-state index is 0.0141. The molecule has 0 heterocycles. The second-order valence-electron chi connectivity index (χ2n) is 8.56. The van der Waals surface area contributed by atoms with Crippen molar-refractivity contribution in [2.24, 2.45) is 29.6 Å². The van der Waals surface area contributed by atoms with Crippen LogP contribution in [0.25, 0.3) is 4.85 Å². The molecule has 2 saturated carbocycles. The standard InChI is InChI=1S/C21H32N/c1-13(2)11-17-12-15(4)18-8-7-16(5)21(22-6)10-9-14(3)19(17)20(18)21/h6,11,14-16,18,20H,7-10,12H2,1-5H3/q+1. The van der Waals surface area contributed by atoms with E-state index in [1.165, 1.54) is 37.7 Å². The van der Waals surface area contributed by atoms with Gasteiger partial charge in [0.25, 0.3) is 12.1 Å². The summed E-state index contributed by atoms with van der Waals surface area (Å²) in [4.78, 5) is 4.59. The third kappa shape index (κ3) is 2.18. The summed E-state index contributed by atoms with van der Waals surface area (Å²) in [7, 11) is 0. The largest absolute Gasteiger partial charge is 0.289 e. The first-order valence-corrected chi connectivity index (χ1v) is 9.20. The molecular weight excluding hydrogens is 266 g/mol. The molecule has 0 bridgehead atoms. The SMILES string of the molecule is C#[N+]C12CCC(C)C3=C(C=C(C)C)CC(C)C(CCC1C)C32. The Morgan fingerprint density at radius 3 is 2.55 bits per heavy atom. The Morgan fingerprint density at radius 2 is 1.91 bits per heavy atom. The highest BCUT2D eigenvalue weighted by molar-refractivity contribution is 5.40. The second-order valence-corrected chi connectivity index (χ2v) is 8.56. The lowest BCUT2D eigenvalue weighted by Gasteiger charge is -2.52. The first kappa shape index (κ1) is 15.9. The lowest BCUT2D eigenvalue weighted by molar-refractivity contribution is 0.0422. The fraction of sp³-hybridized carbons (Fsp3) is 0.762. The van der Waals surface area contributed by atoms with E-state index in [2.05, 4.69) is 45.5 Å². The van der Waals surface area contributed by atoms with Gasteiger partial charge in [0.2, 0.25) is 0 Å². The van der Waals surface area contributed by atoms with E-state index in [1.54, 1.807) is 11.1 Å². The van der Waals surface area contributed by atoms with Crippen molar-refractivity contribution in [3.63, 3.8) is 0 Å². The Labute approximate surface area is 136 Å². The Bertz CT molecular complexity index is 557. The van der Waals surface area contributed by atoms with Crippen LogP contribution in [0.15, 0.2) is 22.8 Å². The predicted molar refractivity (Wildman–Crippen MR) is 95.0 cm³/mol. The fourth-order valence-electron chi connectivity index (χ4n) is 5.86. The number of hydrogen-bond donors (Lipinski definition) is 0. The molecule has 120 valence electrons. The van der Waals surface area contributed by atoms with E-state index in [0.29, 0.717) is 17.8 Å². The van der Waals surface area contributed by atoms with Crippen LogP contribution in [-0.4, -0.2) is 5.54 Å². The number of hydrogen-bond acceptors (Lipinski definition) is 0. The Kier molecular flexibility index (Phi) is 4.00. The molecule has 0 radical (unpaired) electrons. The molecule has 0 saturated heterocycles. The summed E-state index contributed by atoms with van der Waals surface area (Å²) in [6.07, 6.45) is 8.79. The van der Waals surface area contributed by atoms with Crippen molar-refractivity contribution in [1.29, 1.82) is 0 Å². The lowest BCUT2D eigenvalue weighted by atomic mass is 9.48. The van der Waals surface area contributed by atoms with Crippen LogP contribution < -0.4 is 0 Å². The van der Waals surface area contributed by atoms with Gasteiger partial charge in [-0.2, -0.15) is 0 Å². The first-order chi connectivity index (χ1) is 10.4. The summed E-state index contributed by atoms with van der Waals surface area (Å²) in [5, 5.41) is 0. The molecule has 3 rings (SSSR count). The van der Waals surface area contributed by atoms with Gasteiger partial charge in [0, 0.05) is 12.3 Å². The number of rotatable bonds is 1. The van der Waals surface area contributed by atoms with Crippen molar-refractivity contribution >= 4 is 0 Å². The molecule has 0 aromatic rings. The van der Waals surface area contributed by atoms with Gasteiger partial charge in [-0.3, -0.25) is 0 Å². The highest BCUT2D eigenvalue weighted by Gasteiger charge is 2.64. The summed E-state index contributed by atoms with van der Waals surface area (Å²) in [6.45, 7) is 17.8. The van der Waals surface area contributed by atoms with Crippen molar-refractivity contribution in [2.75, 3.05) is 0 Å². The smallest absolute Gasteiger partial charge is 0.0794 e. The van der Waals surface area contributed by atoms with E-state index in [-0.39, 0.29) is 5.54 Å². The van der Waals surface area contributed by atoms with Crippen molar-refractivity contribution in [2.45, 2.75) is 72.3 Å². The van der Waals surface area contributed by atoms with Gasteiger partial charge in [0.1, 0.15) is 0 Å². The molecule has 0 spiro atoms. The maximum atomic E-state index is 6.07. The van der Waals surface area contributed by atoms with E-state index in [0.717, 1.165) is 11.8 Å². The minimum absolute atomic E-state index is 0.0141. The Balaban J connectivity index is 2.19. The summed E-state index contributed by atoms with van der Waals surface area (Å²) in [6, 6.07) is 0. The summed E-state index contributed by atoms with van der Waals surface area (Å²) < 4.78 is 0. The molecule has 2 fully saturated rings. The van der Waals surface area contributed by atoms with Gasteiger partial charge in [0.15, 0.2) is 0 Å². The number of allylic oxidation sites excluding steroid dienone is 3. The maximum Gasteiger partial charge on any atom is 0.289 e. The van der Waals surface area contributed by atoms with Gasteiger partial charge in [-0.25, -0.2) is 0 Å². The van der Waals surface area contributed by atoms with Gasteiger partial charge in [-0.05, 0) is 62.9 Å². The first-order valence-electron chi connectivity index (χ1n) is 9.20. The molecule has 0 amide bonds. The van der Waals surface area contributed by atoms with Crippen LogP contribution in [0, 0.1) is 36.2 Å². The van der Waals surface area contributed by atoms with Gasteiger partial charge < -0.3 is 0 Å². The van der Waals surface area contributed by atoms with E-state index >= 15 is 0 Å². The molecule has 0 N–H and O–H groups in total. The Morgan fingerprint density at radius 1 is 1.18 bits per heavy atom. The predicted octanol–water partition coefficient (Wildman–Crippen LogP) is 6.08. The van der Waals surface area contributed by atoms with Crippen LogP contribution in [0.2, 0.25) is 0 Å². The molecule has 22 heavy (non-hydrogen) atoms. The average molecular weight is 298 g/mol. The van der Waals surface area contributed by atoms with Gasteiger partial charge in [-0.1, -0.05) is 42.8 Å². The topological polar surface area (TPSA) is 4.36 Å². The summed E-state index contributed by atoms with van der Waals surface area (Å²) >= 11 is 0. The maximum absolute atomic E-state index is 6.07. The second kappa shape index (κ2) is 5.55. The summed E-state index contributed by atoms with van der Waals surface area (Å²) in [5.41, 5.74) is 4.77. The van der Waals surface area contributed by atoms with Crippen LogP contribution in [-0.2, 0) is 0 Å². The van der Waals surface area contributed by atoms with Crippen LogP contribution in [0.3, 0.4) is 0 Å². The molecule has 3 aliphatic rings. The monoisotopic (exact) mass is 298 g/mol. The zero-order chi connectivity index (χ0) is 16.1. The van der Waals surface area contributed by atoms with Crippen LogP contribution in [0.4, 0.5) is 0 Å². The third-order valence-electron chi connectivity index (χ3n) is 6.94. The van der Waals surface area contributed by atoms with Gasteiger partial charge >= 0.3 is 0 Å². The molecule has 1 heteroatoms. The molecule has 0 aliphatic heterocycles. The summed E-state index contributed by atoms with van der Waals surface area (Å²) in [5.74, 6) is 3.47. The number of nitrogens with zero attached hydrogens (tertiary/aromatic N) is 1. The molecule has 3 aliphatic carbocycles. The molecule has 0 aromatic carbocycles. The zero-order valence-corrected chi connectivity index (χ0v) is 15.0. The zero-order valence-electron chi connectivity index (χ0n) is 15.0. The van der Waals surface area contributed by atoms with E-state index < -0.39 is 0 Å². The minimum Gasteiger partial charge on any atom is -0.0794 e.